The number of hydrogen-bond donors (Lipinski definition) is 2. The van der Waals surface area contributed by atoms with Crippen LogP contribution in [0, 0.1) is 12.3 Å². The van der Waals surface area contributed by atoms with Crippen LogP contribution in [-0.2, 0) is 0 Å². The highest BCUT2D eigenvalue weighted by molar-refractivity contribution is 14.0. The summed E-state index contributed by atoms with van der Waals surface area (Å²) in [5.74, 6) is 3.44. The van der Waals surface area contributed by atoms with Crippen molar-refractivity contribution in [1.29, 1.82) is 0 Å². The molecule has 0 amide bonds. The number of guanidine groups is 1. The number of aliphatic imine (C=N–C) groups is 1. The van der Waals surface area contributed by atoms with E-state index in [4.69, 9.17) is 6.42 Å². The van der Waals surface area contributed by atoms with E-state index in [1.165, 1.54) is 12.8 Å². The van der Waals surface area contributed by atoms with Crippen LogP contribution in [-0.4, -0.2) is 25.6 Å². The van der Waals surface area contributed by atoms with E-state index in [9.17, 15) is 0 Å². The van der Waals surface area contributed by atoms with Crippen LogP contribution in [0.1, 0.15) is 19.3 Å². The molecular formula is C9H16IN3. The molecule has 2 N–H and O–H groups in total. The number of hydrogen-bond acceptors (Lipinski definition) is 1. The van der Waals surface area contributed by atoms with Gasteiger partial charge < -0.3 is 10.6 Å². The minimum absolute atomic E-state index is 0. The molecule has 1 fully saturated rings. The van der Waals surface area contributed by atoms with Gasteiger partial charge in [-0.15, -0.1) is 36.3 Å². The summed E-state index contributed by atoms with van der Waals surface area (Å²) in [5, 5.41) is 6.41. The second kappa shape index (κ2) is 7.01. The number of terminal acetylenes is 1. The van der Waals surface area contributed by atoms with Crippen LogP contribution in [0.25, 0.3) is 0 Å². The van der Waals surface area contributed by atoms with E-state index in [-0.39, 0.29) is 24.0 Å². The maximum atomic E-state index is 5.12. The third-order valence-electron chi connectivity index (χ3n) is 1.70. The highest BCUT2D eigenvalue weighted by Gasteiger charge is 2.21. The monoisotopic (exact) mass is 293 g/mol. The van der Waals surface area contributed by atoms with Gasteiger partial charge in [0.15, 0.2) is 5.96 Å². The Balaban J connectivity index is 0.00000144. The van der Waals surface area contributed by atoms with Gasteiger partial charge in [-0.1, -0.05) is 0 Å². The molecule has 0 saturated heterocycles. The Bertz CT molecular complexity index is 203. The lowest BCUT2D eigenvalue weighted by Gasteiger charge is -2.08. The first-order valence-corrected chi connectivity index (χ1v) is 4.27. The third-order valence-corrected chi connectivity index (χ3v) is 1.70. The highest BCUT2D eigenvalue weighted by atomic mass is 127. The lowest BCUT2D eigenvalue weighted by Crippen LogP contribution is -2.38. The van der Waals surface area contributed by atoms with E-state index in [2.05, 4.69) is 21.5 Å². The summed E-state index contributed by atoms with van der Waals surface area (Å²) >= 11 is 0. The zero-order chi connectivity index (χ0) is 8.81. The minimum Gasteiger partial charge on any atom is -0.355 e. The predicted octanol–water partition coefficient (Wildman–Crippen LogP) is 0.955. The summed E-state index contributed by atoms with van der Waals surface area (Å²) in [6.45, 7) is 0.795. The maximum absolute atomic E-state index is 5.12. The second-order valence-corrected chi connectivity index (χ2v) is 2.87. The first-order chi connectivity index (χ1) is 5.86. The Morgan fingerprint density at radius 1 is 1.62 bits per heavy atom. The Hall–Kier alpha value is -0.440. The molecule has 0 bridgehead atoms. The Morgan fingerprint density at radius 3 is 2.77 bits per heavy atom. The quantitative estimate of drug-likeness (QED) is 0.267. The first kappa shape index (κ1) is 12.6. The summed E-state index contributed by atoms with van der Waals surface area (Å²) in [4.78, 5) is 4.07. The zero-order valence-corrected chi connectivity index (χ0v) is 10.2. The molecule has 1 aliphatic rings. The summed E-state index contributed by atoms with van der Waals surface area (Å²) in [5.41, 5.74) is 0. The van der Waals surface area contributed by atoms with Crippen LogP contribution in [0.5, 0.6) is 0 Å². The van der Waals surface area contributed by atoms with E-state index < -0.39 is 0 Å². The molecule has 0 radical (unpaired) electrons. The lowest BCUT2D eigenvalue weighted by atomic mass is 10.4. The summed E-state index contributed by atoms with van der Waals surface area (Å²) in [6.07, 6.45) is 8.38. The van der Waals surface area contributed by atoms with E-state index in [1.54, 1.807) is 7.05 Å². The van der Waals surface area contributed by atoms with Gasteiger partial charge in [-0.2, -0.15) is 0 Å². The number of halogens is 1. The first-order valence-electron chi connectivity index (χ1n) is 4.27. The Kier molecular flexibility index (Phi) is 6.77. The highest BCUT2D eigenvalue weighted by Crippen LogP contribution is 2.18. The average Bonchev–Trinajstić information content (AvgIpc) is 2.87. The predicted molar refractivity (Wildman–Crippen MR) is 66.4 cm³/mol. The van der Waals surface area contributed by atoms with E-state index in [0.29, 0.717) is 6.04 Å². The van der Waals surface area contributed by atoms with Crippen LogP contribution < -0.4 is 10.6 Å². The topological polar surface area (TPSA) is 36.4 Å². The van der Waals surface area contributed by atoms with Crippen molar-refractivity contribution in [1.82, 2.24) is 10.6 Å². The van der Waals surface area contributed by atoms with Gasteiger partial charge in [0, 0.05) is 26.1 Å². The van der Waals surface area contributed by atoms with E-state index >= 15 is 0 Å². The molecule has 1 saturated carbocycles. The lowest BCUT2D eigenvalue weighted by molar-refractivity contribution is 0.806. The van der Waals surface area contributed by atoms with Gasteiger partial charge in [-0.25, -0.2) is 0 Å². The molecule has 1 aliphatic carbocycles. The van der Waals surface area contributed by atoms with Crippen molar-refractivity contribution in [2.45, 2.75) is 25.3 Å². The number of rotatable bonds is 3. The second-order valence-electron chi connectivity index (χ2n) is 2.87. The minimum atomic E-state index is 0. The molecule has 0 aliphatic heterocycles. The maximum Gasteiger partial charge on any atom is 0.191 e. The van der Waals surface area contributed by atoms with Crippen molar-refractivity contribution in [3.63, 3.8) is 0 Å². The molecule has 0 aromatic heterocycles. The molecule has 0 heterocycles. The van der Waals surface area contributed by atoms with Crippen molar-refractivity contribution >= 4 is 29.9 Å². The normalized spacial score (nSPS) is 15.5. The van der Waals surface area contributed by atoms with Crippen LogP contribution in [0.15, 0.2) is 4.99 Å². The van der Waals surface area contributed by atoms with Gasteiger partial charge in [0.05, 0.1) is 0 Å². The average molecular weight is 293 g/mol. The molecule has 0 aromatic rings. The molecule has 4 heteroatoms. The van der Waals surface area contributed by atoms with Crippen LogP contribution >= 0.6 is 24.0 Å². The molecule has 74 valence electrons. The molecule has 3 nitrogen and oxygen atoms in total. The molecule has 13 heavy (non-hydrogen) atoms. The molecule has 0 unspecified atom stereocenters. The molecule has 0 spiro atoms. The van der Waals surface area contributed by atoms with Crippen molar-refractivity contribution in [2.24, 2.45) is 4.99 Å². The number of nitrogens with one attached hydrogen (secondary N) is 2. The van der Waals surface area contributed by atoms with Gasteiger partial charge in [0.2, 0.25) is 0 Å². The van der Waals surface area contributed by atoms with Gasteiger partial charge in [0.1, 0.15) is 0 Å². The Labute approximate surface area is 96.8 Å². The summed E-state index contributed by atoms with van der Waals surface area (Å²) in [6, 6.07) is 0.641. The van der Waals surface area contributed by atoms with Gasteiger partial charge in [-0.05, 0) is 12.8 Å². The fourth-order valence-corrected chi connectivity index (χ4v) is 0.869. The third kappa shape index (κ3) is 5.75. The standard InChI is InChI=1S/C9H15N3.HI/c1-3-4-7-11-9(10-2)12-8-5-6-8;/h1,8H,4-7H2,2H3,(H2,10,11,12);1H. The van der Waals surface area contributed by atoms with Crippen molar-refractivity contribution in [3.8, 4) is 12.3 Å². The van der Waals surface area contributed by atoms with E-state index in [1.807, 2.05) is 0 Å². The molecule has 0 atom stereocenters. The molecular weight excluding hydrogens is 277 g/mol. The van der Waals surface area contributed by atoms with Crippen LogP contribution in [0.2, 0.25) is 0 Å². The fourth-order valence-electron chi connectivity index (χ4n) is 0.869. The van der Waals surface area contributed by atoms with Crippen molar-refractivity contribution < 1.29 is 0 Å². The SMILES string of the molecule is C#CCCNC(=NC)NC1CC1.I. The van der Waals surface area contributed by atoms with Crippen LogP contribution in [0.3, 0.4) is 0 Å². The van der Waals surface area contributed by atoms with Crippen molar-refractivity contribution in [2.75, 3.05) is 13.6 Å². The molecule has 0 aromatic carbocycles. The van der Waals surface area contributed by atoms with Gasteiger partial charge in [0.25, 0.3) is 0 Å². The van der Waals surface area contributed by atoms with Gasteiger partial charge >= 0.3 is 0 Å². The largest absolute Gasteiger partial charge is 0.355 e. The summed E-state index contributed by atoms with van der Waals surface area (Å²) < 4.78 is 0. The van der Waals surface area contributed by atoms with E-state index in [0.717, 1.165) is 18.9 Å². The Morgan fingerprint density at radius 2 is 2.31 bits per heavy atom. The van der Waals surface area contributed by atoms with Gasteiger partial charge in [-0.3, -0.25) is 4.99 Å². The smallest absolute Gasteiger partial charge is 0.191 e. The van der Waals surface area contributed by atoms with Crippen molar-refractivity contribution in [3.05, 3.63) is 0 Å². The fraction of sp³-hybridized carbons (Fsp3) is 0.667. The van der Waals surface area contributed by atoms with Crippen LogP contribution in [0.4, 0.5) is 0 Å². The molecule has 1 rings (SSSR count). The number of nitrogens with zero attached hydrogens (tertiary/aromatic N) is 1. The zero-order valence-electron chi connectivity index (χ0n) is 7.84. The summed E-state index contributed by atoms with van der Waals surface area (Å²) in [7, 11) is 1.77.